The van der Waals surface area contributed by atoms with Gasteiger partial charge in [-0.2, -0.15) is 0 Å². The lowest BCUT2D eigenvalue weighted by Crippen LogP contribution is -2.51. The molecular weight excluding hydrogens is 370 g/mol. The van der Waals surface area contributed by atoms with Crippen molar-refractivity contribution in [2.45, 2.75) is 33.1 Å². The summed E-state index contributed by atoms with van der Waals surface area (Å²) >= 11 is 0. The van der Waals surface area contributed by atoms with Crippen molar-refractivity contribution in [1.29, 1.82) is 0 Å². The molecule has 1 fully saturated rings. The Balaban J connectivity index is 1.91. The van der Waals surface area contributed by atoms with Crippen molar-refractivity contribution in [3.05, 3.63) is 53.2 Å². The van der Waals surface area contributed by atoms with Gasteiger partial charge in [0, 0.05) is 19.2 Å². The number of hydrogen-bond donors (Lipinski definition) is 0. The number of oxazole rings is 1. The van der Waals surface area contributed by atoms with Crippen LogP contribution in [0.2, 0.25) is 0 Å². The van der Waals surface area contributed by atoms with E-state index in [0.717, 1.165) is 12.1 Å². The largest absolute Gasteiger partial charge is 0.466 e. The van der Waals surface area contributed by atoms with Gasteiger partial charge in [-0.05, 0) is 44.7 Å². The van der Waals surface area contributed by atoms with Gasteiger partial charge in [-0.25, -0.2) is 13.8 Å². The van der Waals surface area contributed by atoms with Gasteiger partial charge in [0.2, 0.25) is 5.76 Å². The molecule has 2 heterocycles. The summed E-state index contributed by atoms with van der Waals surface area (Å²) in [7, 11) is 0. The van der Waals surface area contributed by atoms with Gasteiger partial charge in [0.05, 0.1) is 17.7 Å². The molecular formula is C20H22F2N2O4. The summed E-state index contributed by atoms with van der Waals surface area (Å²) in [6.07, 6.45) is 2.18. The minimum absolute atomic E-state index is 0.0110. The van der Waals surface area contributed by atoms with Crippen molar-refractivity contribution in [3.8, 4) is 0 Å². The summed E-state index contributed by atoms with van der Waals surface area (Å²) in [6, 6.07) is 3.27. The molecule has 150 valence electrons. The Labute approximate surface area is 161 Å². The van der Waals surface area contributed by atoms with E-state index in [1.807, 2.05) is 0 Å². The van der Waals surface area contributed by atoms with Gasteiger partial charge < -0.3 is 14.1 Å². The Hall–Kier alpha value is -2.77. The lowest BCUT2D eigenvalue weighted by atomic mass is 9.74. The molecule has 1 aromatic heterocycles. The fraction of sp³-hybridized carbons (Fsp3) is 0.450. The highest BCUT2D eigenvalue weighted by Crippen LogP contribution is 2.36. The van der Waals surface area contributed by atoms with Crippen LogP contribution >= 0.6 is 0 Å². The normalized spacial score (nSPS) is 19.5. The topological polar surface area (TPSA) is 72.6 Å². The number of piperidine rings is 1. The first-order valence-electron chi connectivity index (χ1n) is 9.17. The van der Waals surface area contributed by atoms with Gasteiger partial charge in [-0.1, -0.05) is 6.07 Å². The molecule has 1 unspecified atom stereocenters. The maximum Gasteiger partial charge on any atom is 0.314 e. The highest BCUT2D eigenvalue weighted by atomic mass is 19.1. The molecule has 1 saturated heterocycles. The van der Waals surface area contributed by atoms with Gasteiger partial charge in [0.15, 0.2) is 6.39 Å². The smallest absolute Gasteiger partial charge is 0.314 e. The highest BCUT2D eigenvalue weighted by Gasteiger charge is 2.45. The second kappa shape index (κ2) is 8.08. The minimum atomic E-state index is -1.11. The van der Waals surface area contributed by atoms with Gasteiger partial charge in [-0.3, -0.25) is 9.59 Å². The monoisotopic (exact) mass is 392 g/mol. The van der Waals surface area contributed by atoms with E-state index in [1.165, 1.54) is 17.4 Å². The van der Waals surface area contributed by atoms with E-state index in [9.17, 15) is 18.4 Å². The van der Waals surface area contributed by atoms with Crippen molar-refractivity contribution in [3.63, 3.8) is 0 Å². The number of amides is 1. The summed E-state index contributed by atoms with van der Waals surface area (Å²) < 4.78 is 38.0. The number of aromatic nitrogens is 1. The van der Waals surface area contributed by atoms with Crippen molar-refractivity contribution in [2.75, 3.05) is 19.7 Å². The van der Waals surface area contributed by atoms with Crippen LogP contribution in [-0.2, 0) is 16.0 Å². The zero-order valence-electron chi connectivity index (χ0n) is 15.8. The molecule has 1 amide bonds. The van der Waals surface area contributed by atoms with Crippen molar-refractivity contribution >= 4 is 11.9 Å². The van der Waals surface area contributed by atoms with E-state index < -0.39 is 23.0 Å². The minimum Gasteiger partial charge on any atom is -0.466 e. The number of aryl methyl sites for hydroxylation is 1. The van der Waals surface area contributed by atoms with Crippen LogP contribution in [0.5, 0.6) is 0 Å². The van der Waals surface area contributed by atoms with Crippen LogP contribution in [0.4, 0.5) is 8.78 Å². The summed E-state index contributed by atoms with van der Waals surface area (Å²) in [5.41, 5.74) is -0.447. The summed E-state index contributed by atoms with van der Waals surface area (Å²) in [6.45, 7) is 4.01. The molecule has 3 rings (SSSR count). The SMILES string of the molecule is CCOC(=O)C1(Cc2ccc(F)cc2F)CCCN(C(=O)c2ocnc2C)C1. The molecule has 28 heavy (non-hydrogen) atoms. The molecule has 0 aliphatic carbocycles. The Morgan fingerprint density at radius 1 is 1.36 bits per heavy atom. The quantitative estimate of drug-likeness (QED) is 0.730. The van der Waals surface area contributed by atoms with Gasteiger partial charge in [0.25, 0.3) is 5.91 Å². The first kappa shape index (κ1) is 20.0. The second-order valence-corrected chi connectivity index (χ2v) is 7.01. The molecule has 1 atom stereocenters. The molecule has 6 nitrogen and oxygen atoms in total. The molecule has 2 aromatic rings. The van der Waals surface area contributed by atoms with E-state index in [2.05, 4.69) is 4.98 Å². The van der Waals surface area contributed by atoms with Gasteiger partial charge in [0.1, 0.15) is 11.6 Å². The number of halogens is 2. The van der Waals surface area contributed by atoms with Crippen LogP contribution in [0.1, 0.15) is 41.6 Å². The standard InChI is InChI=1S/C20H22F2N2O4/c1-3-27-19(26)20(10-14-5-6-15(21)9-16(14)22)7-4-8-24(11-20)18(25)17-13(2)23-12-28-17/h5-6,9,12H,3-4,7-8,10-11H2,1-2H3. The van der Waals surface area contributed by atoms with Crippen molar-refractivity contribution < 1.29 is 27.5 Å². The first-order valence-corrected chi connectivity index (χ1v) is 9.17. The average molecular weight is 392 g/mol. The Bertz CT molecular complexity index is 883. The number of hydrogen-bond acceptors (Lipinski definition) is 5. The average Bonchev–Trinajstić information content (AvgIpc) is 3.10. The third-order valence-electron chi connectivity index (χ3n) is 5.06. The molecule has 0 N–H and O–H groups in total. The maximum atomic E-state index is 14.3. The number of ether oxygens (including phenoxy) is 1. The lowest BCUT2D eigenvalue weighted by Gasteiger charge is -2.40. The van der Waals surface area contributed by atoms with Crippen molar-refractivity contribution in [2.24, 2.45) is 5.41 Å². The van der Waals surface area contributed by atoms with E-state index in [-0.39, 0.29) is 36.8 Å². The second-order valence-electron chi connectivity index (χ2n) is 7.01. The summed E-state index contributed by atoms with van der Waals surface area (Å²) in [4.78, 5) is 31.1. The Morgan fingerprint density at radius 2 is 2.14 bits per heavy atom. The molecule has 1 aromatic carbocycles. The van der Waals surface area contributed by atoms with Crippen LogP contribution in [0.3, 0.4) is 0 Å². The van der Waals surface area contributed by atoms with Crippen LogP contribution in [0.15, 0.2) is 29.0 Å². The Kier molecular flexibility index (Phi) is 5.76. The maximum absolute atomic E-state index is 14.3. The number of esters is 1. The van der Waals surface area contributed by atoms with Gasteiger partial charge in [-0.15, -0.1) is 0 Å². The Morgan fingerprint density at radius 3 is 2.79 bits per heavy atom. The molecule has 0 spiro atoms. The lowest BCUT2D eigenvalue weighted by molar-refractivity contribution is -0.158. The third kappa shape index (κ3) is 3.90. The van der Waals surface area contributed by atoms with Crippen LogP contribution in [0, 0.1) is 24.0 Å². The van der Waals surface area contributed by atoms with Crippen LogP contribution < -0.4 is 0 Å². The number of benzene rings is 1. The molecule has 8 heteroatoms. The number of nitrogens with zero attached hydrogens (tertiary/aromatic N) is 2. The number of carbonyl (C=O) groups excluding carboxylic acids is 2. The highest BCUT2D eigenvalue weighted by molar-refractivity contribution is 5.93. The molecule has 0 saturated carbocycles. The summed E-state index contributed by atoms with van der Waals surface area (Å²) in [5, 5.41) is 0. The van der Waals surface area contributed by atoms with E-state index in [0.29, 0.717) is 25.1 Å². The third-order valence-corrected chi connectivity index (χ3v) is 5.06. The number of carbonyl (C=O) groups is 2. The molecule has 0 bridgehead atoms. The molecule has 1 aliphatic heterocycles. The summed E-state index contributed by atoms with van der Waals surface area (Å²) in [5.74, 6) is -2.16. The number of rotatable bonds is 5. The van der Waals surface area contributed by atoms with E-state index in [4.69, 9.17) is 9.15 Å². The number of likely N-dealkylation sites (tertiary alicyclic amines) is 1. The van der Waals surface area contributed by atoms with E-state index in [1.54, 1.807) is 13.8 Å². The molecule has 0 radical (unpaired) electrons. The predicted octanol–water partition coefficient (Wildman–Crippen LogP) is 3.29. The fourth-order valence-corrected chi connectivity index (χ4v) is 3.65. The molecule has 1 aliphatic rings. The van der Waals surface area contributed by atoms with Crippen LogP contribution in [0.25, 0.3) is 0 Å². The first-order chi connectivity index (χ1) is 13.4. The zero-order valence-corrected chi connectivity index (χ0v) is 15.8. The van der Waals surface area contributed by atoms with Crippen molar-refractivity contribution in [1.82, 2.24) is 9.88 Å². The van der Waals surface area contributed by atoms with Gasteiger partial charge >= 0.3 is 5.97 Å². The fourth-order valence-electron chi connectivity index (χ4n) is 3.65. The zero-order chi connectivity index (χ0) is 20.3. The van der Waals surface area contributed by atoms with E-state index >= 15 is 0 Å². The van der Waals surface area contributed by atoms with Crippen LogP contribution in [-0.4, -0.2) is 41.5 Å². The predicted molar refractivity (Wildman–Crippen MR) is 95.5 cm³/mol.